The quantitative estimate of drug-likeness (QED) is 0.620. The zero-order valence-corrected chi connectivity index (χ0v) is 16.2. The van der Waals surface area contributed by atoms with Gasteiger partial charge in [-0.1, -0.05) is 42.5 Å². The summed E-state index contributed by atoms with van der Waals surface area (Å²) < 4.78 is 5.75. The number of ether oxygens (including phenoxy) is 1. The molecule has 0 aliphatic carbocycles. The van der Waals surface area contributed by atoms with Crippen LogP contribution >= 0.6 is 0 Å². The molecule has 0 radical (unpaired) electrons. The Labute approximate surface area is 166 Å². The predicted octanol–water partition coefficient (Wildman–Crippen LogP) is 4.86. The van der Waals surface area contributed by atoms with Gasteiger partial charge in [0.2, 0.25) is 0 Å². The zero-order valence-electron chi connectivity index (χ0n) is 16.2. The third kappa shape index (κ3) is 6.14. The van der Waals surface area contributed by atoms with Crippen molar-refractivity contribution in [1.29, 1.82) is 0 Å². The van der Waals surface area contributed by atoms with Crippen molar-refractivity contribution in [2.75, 3.05) is 19.4 Å². The number of urea groups is 1. The fourth-order valence-corrected chi connectivity index (χ4v) is 2.79. The van der Waals surface area contributed by atoms with Crippen molar-refractivity contribution >= 4 is 11.7 Å². The predicted molar refractivity (Wildman–Crippen MR) is 113 cm³/mol. The second-order valence-corrected chi connectivity index (χ2v) is 6.80. The molecule has 0 spiro atoms. The number of hydrogen-bond donors (Lipinski definition) is 2. The molecule has 3 aromatic rings. The molecule has 2 N–H and O–H groups in total. The summed E-state index contributed by atoms with van der Waals surface area (Å²) in [4.78, 5) is 14.3. The van der Waals surface area contributed by atoms with Crippen LogP contribution in [0.1, 0.15) is 11.1 Å². The number of rotatable bonds is 7. The summed E-state index contributed by atoms with van der Waals surface area (Å²) in [6, 6.07) is 24.8. The largest absolute Gasteiger partial charge is 0.457 e. The maximum Gasteiger partial charge on any atom is 0.319 e. The van der Waals surface area contributed by atoms with Crippen LogP contribution in [0.2, 0.25) is 0 Å². The summed E-state index contributed by atoms with van der Waals surface area (Å²) in [5.74, 6) is 1.49. The van der Waals surface area contributed by atoms with Crippen molar-refractivity contribution in [2.45, 2.75) is 13.1 Å². The number of carbonyl (C=O) groups is 1. The van der Waals surface area contributed by atoms with Crippen molar-refractivity contribution in [3.05, 3.63) is 90.0 Å². The van der Waals surface area contributed by atoms with E-state index < -0.39 is 0 Å². The first-order valence-corrected chi connectivity index (χ1v) is 9.19. The smallest absolute Gasteiger partial charge is 0.319 e. The molecule has 0 atom stereocenters. The van der Waals surface area contributed by atoms with Gasteiger partial charge in [0.15, 0.2) is 0 Å². The molecule has 0 aliphatic heterocycles. The van der Waals surface area contributed by atoms with Crippen molar-refractivity contribution in [3.8, 4) is 11.5 Å². The first kappa shape index (κ1) is 19.5. The molecular weight excluding hydrogens is 350 g/mol. The van der Waals surface area contributed by atoms with Gasteiger partial charge < -0.3 is 20.3 Å². The highest BCUT2D eigenvalue weighted by atomic mass is 16.5. The molecule has 0 unspecified atom stereocenters. The standard InChI is InChI=1S/C23H25N3O2/c1-26(2)17-19-8-6-7-18(15-19)16-24-23(27)25-20-11-13-22(14-12-20)28-21-9-4-3-5-10-21/h3-15H,16-17H2,1-2H3,(H2,24,25,27). The van der Waals surface area contributed by atoms with Crippen LogP contribution in [-0.4, -0.2) is 25.0 Å². The average Bonchev–Trinajstić information content (AvgIpc) is 2.69. The second kappa shape index (κ2) is 9.58. The number of carbonyl (C=O) groups excluding carboxylic acids is 1. The molecule has 0 bridgehead atoms. The van der Waals surface area contributed by atoms with Crippen LogP contribution in [-0.2, 0) is 13.1 Å². The Morgan fingerprint density at radius 3 is 2.25 bits per heavy atom. The van der Waals surface area contributed by atoms with E-state index in [2.05, 4.69) is 27.7 Å². The number of para-hydroxylation sites is 1. The normalized spacial score (nSPS) is 10.5. The number of nitrogens with one attached hydrogen (secondary N) is 2. The van der Waals surface area contributed by atoms with Gasteiger partial charge in [0.25, 0.3) is 0 Å². The molecule has 0 saturated carbocycles. The van der Waals surface area contributed by atoms with Crippen LogP contribution in [0.4, 0.5) is 10.5 Å². The van der Waals surface area contributed by atoms with E-state index in [-0.39, 0.29) is 6.03 Å². The Morgan fingerprint density at radius 2 is 1.54 bits per heavy atom. The zero-order chi connectivity index (χ0) is 19.8. The molecule has 0 aromatic heterocycles. The lowest BCUT2D eigenvalue weighted by Crippen LogP contribution is -2.28. The molecule has 0 heterocycles. The first-order chi connectivity index (χ1) is 13.6. The van der Waals surface area contributed by atoms with Gasteiger partial charge in [-0.15, -0.1) is 0 Å². The van der Waals surface area contributed by atoms with Gasteiger partial charge >= 0.3 is 6.03 Å². The SMILES string of the molecule is CN(C)Cc1cccc(CNC(=O)Nc2ccc(Oc3ccccc3)cc2)c1. The third-order valence-electron chi connectivity index (χ3n) is 4.03. The Kier molecular flexibility index (Phi) is 6.65. The van der Waals surface area contributed by atoms with E-state index in [1.165, 1.54) is 5.56 Å². The van der Waals surface area contributed by atoms with Gasteiger partial charge in [-0.3, -0.25) is 0 Å². The van der Waals surface area contributed by atoms with E-state index >= 15 is 0 Å². The first-order valence-electron chi connectivity index (χ1n) is 9.19. The summed E-state index contributed by atoms with van der Waals surface area (Å²) in [6.45, 7) is 1.35. The van der Waals surface area contributed by atoms with Crippen LogP contribution in [0, 0.1) is 0 Å². The fourth-order valence-electron chi connectivity index (χ4n) is 2.79. The van der Waals surface area contributed by atoms with Crippen LogP contribution in [0.15, 0.2) is 78.9 Å². The molecule has 5 nitrogen and oxygen atoms in total. The molecule has 0 saturated heterocycles. The number of nitrogens with zero attached hydrogens (tertiary/aromatic N) is 1. The van der Waals surface area contributed by atoms with Gasteiger partial charge in [-0.25, -0.2) is 4.79 Å². The van der Waals surface area contributed by atoms with Crippen LogP contribution in [0.3, 0.4) is 0 Å². The second-order valence-electron chi connectivity index (χ2n) is 6.80. The van der Waals surface area contributed by atoms with Crippen LogP contribution < -0.4 is 15.4 Å². The number of benzene rings is 3. The molecule has 5 heteroatoms. The number of hydrogen-bond acceptors (Lipinski definition) is 3. The molecule has 144 valence electrons. The number of anilines is 1. The topological polar surface area (TPSA) is 53.6 Å². The Hall–Kier alpha value is -3.31. The summed E-state index contributed by atoms with van der Waals surface area (Å²) in [5.41, 5.74) is 3.00. The highest BCUT2D eigenvalue weighted by Crippen LogP contribution is 2.22. The molecule has 28 heavy (non-hydrogen) atoms. The van der Waals surface area contributed by atoms with Gasteiger partial charge in [-0.05, 0) is 61.6 Å². The molecular formula is C23H25N3O2. The van der Waals surface area contributed by atoms with E-state index in [1.807, 2.05) is 80.8 Å². The lowest BCUT2D eigenvalue weighted by molar-refractivity contribution is 0.251. The van der Waals surface area contributed by atoms with Gasteiger partial charge in [0.05, 0.1) is 0 Å². The summed E-state index contributed by atoms with van der Waals surface area (Å²) in [7, 11) is 4.07. The third-order valence-corrected chi connectivity index (χ3v) is 4.03. The Balaban J connectivity index is 1.49. The van der Waals surface area contributed by atoms with Crippen LogP contribution in [0.25, 0.3) is 0 Å². The average molecular weight is 375 g/mol. The van der Waals surface area contributed by atoms with Crippen molar-refractivity contribution in [1.82, 2.24) is 10.2 Å². The maximum atomic E-state index is 12.2. The van der Waals surface area contributed by atoms with Crippen molar-refractivity contribution in [2.24, 2.45) is 0 Å². The molecule has 0 aliphatic rings. The van der Waals surface area contributed by atoms with E-state index in [0.29, 0.717) is 12.2 Å². The fraction of sp³-hybridized carbons (Fsp3) is 0.174. The molecule has 3 aromatic carbocycles. The van der Waals surface area contributed by atoms with Crippen molar-refractivity contribution in [3.63, 3.8) is 0 Å². The number of amides is 2. The van der Waals surface area contributed by atoms with E-state index in [4.69, 9.17) is 4.74 Å². The summed E-state index contributed by atoms with van der Waals surface area (Å²) in [6.07, 6.45) is 0. The lowest BCUT2D eigenvalue weighted by atomic mass is 10.1. The van der Waals surface area contributed by atoms with E-state index in [1.54, 1.807) is 0 Å². The summed E-state index contributed by atoms with van der Waals surface area (Å²) in [5, 5.41) is 5.72. The minimum Gasteiger partial charge on any atom is -0.457 e. The molecule has 3 rings (SSSR count). The van der Waals surface area contributed by atoms with E-state index in [0.717, 1.165) is 23.6 Å². The van der Waals surface area contributed by atoms with E-state index in [9.17, 15) is 4.79 Å². The Morgan fingerprint density at radius 1 is 0.857 bits per heavy atom. The molecule has 0 fully saturated rings. The highest BCUT2D eigenvalue weighted by Gasteiger charge is 2.04. The van der Waals surface area contributed by atoms with Gasteiger partial charge in [0.1, 0.15) is 11.5 Å². The highest BCUT2D eigenvalue weighted by molar-refractivity contribution is 5.89. The van der Waals surface area contributed by atoms with Gasteiger partial charge in [-0.2, -0.15) is 0 Å². The Bertz CT molecular complexity index is 893. The minimum atomic E-state index is -0.241. The molecule has 2 amide bonds. The van der Waals surface area contributed by atoms with Gasteiger partial charge in [0, 0.05) is 18.8 Å². The lowest BCUT2D eigenvalue weighted by Gasteiger charge is -2.12. The van der Waals surface area contributed by atoms with Crippen molar-refractivity contribution < 1.29 is 9.53 Å². The minimum absolute atomic E-state index is 0.241. The monoisotopic (exact) mass is 375 g/mol. The maximum absolute atomic E-state index is 12.2. The van der Waals surface area contributed by atoms with Crippen LogP contribution in [0.5, 0.6) is 11.5 Å². The summed E-state index contributed by atoms with van der Waals surface area (Å²) >= 11 is 0.